The van der Waals surface area contributed by atoms with Crippen molar-refractivity contribution in [1.82, 2.24) is 0 Å². The molecule has 0 bridgehead atoms. The van der Waals surface area contributed by atoms with E-state index in [-0.39, 0.29) is 23.6 Å². The van der Waals surface area contributed by atoms with Gasteiger partial charge in [-0.3, -0.25) is 14.4 Å². The van der Waals surface area contributed by atoms with E-state index in [9.17, 15) is 14.4 Å². The van der Waals surface area contributed by atoms with E-state index in [1.165, 1.54) is 20.8 Å². The second-order valence-electron chi connectivity index (χ2n) is 5.43. The second kappa shape index (κ2) is 12.2. The molecule has 9 nitrogen and oxygen atoms in total. The van der Waals surface area contributed by atoms with Crippen LogP contribution in [0, 0.1) is 0 Å². The number of hydrogen-bond donors (Lipinski definition) is 1. The van der Waals surface area contributed by atoms with E-state index in [2.05, 4.69) is 5.73 Å². The van der Waals surface area contributed by atoms with Crippen LogP contribution in [0.4, 0.5) is 0 Å². The van der Waals surface area contributed by atoms with E-state index >= 15 is 0 Å². The molecule has 0 aromatic heterocycles. The molecular formula is C15H26BrNO8. The SMILES string of the molecule is CC(=O)O[C@H]1[C@H](OC(C)=O)COC(OCCCC[NH3+])[C@@H]1OC(C)=O.[Br-]. The lowest BCUT2D eigenvalue weighted by Gasteiger charge is -2.40. The molecule has 1 fully saturated rings. The molecule has 0 aliphatic carbocycles. The lowest BCUT2D eigenvalue weighted by Crippen LogP contribution is -3.00. The largest absolute Gasteiger partial charge is 1.00 e. The van der Waals surface area contributed by atoms with Crippen LogP contribution >= 0.6 is 0 Å². The minimum atomic E-state index is -1.02. The van der Waals surface area contributed by atoms with Crippen molar-refractivity contribution in [2.24, 2.45) is 0 Å². The molecule has 1 saturated heterocycles. The molecule has 1 rings (SSSR count). The Morgan fingerprint density at radius 3 is 2.04 bits per heavy atom. The lowest BCUT2D eigenvalue weighted by molar-refractivity contribution is -0.369. The third-order valence-electron chi connectivity index (χ3n) is 3.23. The predicted octanol–water partition coefficient (Wildman–Crippen LogP) is -3.82. The van der Waals surface area contributed by atoms with Gasteiger partial charge in [0, 0.05) is 20.8 Å². The fourth-order valence-corrected chi connectivity index (χ4v) is 2.33. The van der Waals surface area contributed by atoms with Crippen molar-refractivity contribution in [2.45, 2.75) is 58.2 Å². The molecule has 25 heavy (non-hydrogen) atoms. The summed E-state index contributed by atoms with van der Waals surface area (Å²) >= 11 is 0. The van der Waals surface area contributed by atoms with Gasteiger partial charge in [0.05, 0.1) is 19.8 Å². The third kappa shape index (κ3) is 8.61. The molecule has 1 unspecified atom stereocenters. The lowest BCUT2D eigenvalue weighted by atomic mass is 10.0. The van der Waals surface area contributed by atoms with Crippen LogP contribution in [0.5, 0.6) is 0 Å². The Hall–Kier alpha value is -1.23. The maximum absolute atomic E-state index is 11.4. The quantitative estimate of drug-likeness (QED) is 0.237. The first-order valence-corrected chi connectivity index (χ1v) is 7.89. The van der Waals surface area contributed by atoms with Crippen molar-refractivity contribution in [1.29, 1.82) is 0 Å². The molecular weight excluding hydrogens is 402 g/mol. The summed E-state index contributed by atoms with van der Waals surface area (Å²) in [5, 5.41) is 0. The van der Waals surface area contributed by atoms with Crippen LogP contribution in [0.2, 0.25) is 0 Å². The van der Waals surface area contributed by atoms with Crippen LogP contribution in [0.15, 0.2) is 0 Å². The van der Waals surface area contributed by atoms with E-state index in [1.807, 2.05) is 0 Å². The smallest absolute Gasteiger partial charge is 0.303 e. The summed E-state index contributed by atoms with van der Waals surface area (Å²) in [5.41, 5.74) is 3.74. The number of quaternary nitrogens is 1. The number of halogens is 1. The molecule has 146 valence electrons. The second-order valence-corrected chi connectivity index (χ2v) is 5.43. The summed E-state index contributed by atoms with van der Waals surface area (Å²) < 4.78 is 26.7. The number of esters is 3. The van der Waals surface area contributed by atoms with Crippen molar-refractivity contribution in [3.8, 4) is 0 Å². The highest BCUT2D eigenvalue weighted by Crippen LogP contribution is 2.25. The molecule has 3 N–H and O–H groups in total. The highest BCUT2D eigenvalue weighted by atomic mass is 79.9. The molecule has 1 aliphatic heterocycles. The maximum atomic E-state index is 11.4. The Morgan fingerprint density at radius 1 is 0.960 bits per heavy atom. The summed E-state index contributed by atoms with van der Waals surface area (Å²) in [6, 6.07) is 0. The van der Waals surface area contributed by atoms with Crippen LogP contribution < -0.4 is 22.7 Å². The molecule has 0 saturated carbocycles. The molecule has 10 heteroatoms. The molecule has 0 spiro atoms. The number of hydrogen-bond acceptors (Lipinski definition) is 8. The van der Waals surface area contributed by atoms with Crippen LogP contribution in [0.25, 0.3) is 0 Å². The Labute approximate surface area is 157 Å². The van der Waals surface area contributed by atoms with Crippen molar-refractivity contribution in [3.05, 3.63) is 0 Å². The van der Waals surface area contributed by atoms with Gasteiger partial charge in [0.2, 0.25) is 0 Å². The Kier molecular flexibility index (Phi) is 11.6. The van der Waals surface area contributed by atoms with E-state index < -0.39 is 42.5 Å². The average Bonchev–Trinajstić information content (AvgIpc) is 2.47. The maximum Gasteiger partial charge on any atom is 0.303 e. The molecule has 0 aromatic rings. The highest BCUT2D eigenvalue weighted by molar-refractivity contribution is 5.68. The van der Waals surface area contributed by atoms with Gasteiger partial charge in [-0.15, -0.1) is 0 Å². The topological polar surface area (TPSA) is 125 Å². The van der Waals surface area contributed by atoms with Crippen LogP contribution in [0.1, 0.15) is 33.6 Å². The first-order valence-electron chi connectivity index (χ1n) is 7.89. The minimum Gasteiger partial charge on any atom is -1.00 e. The summed E-state index contributed by atoms with van der Waals surface area (Å²) in [5.74, 6) is -1.74. The van der Waals surface area contributed by atoms with E-state index in [1.54, 1.807) is 0 Å². The molecule has 1 aliphatic rings. The summed E-state index contributed by atoms with van der Waals surface area (Å²) in [6.07, 6.45) is -2.16. The third-order valence-corrected chi connectivity index (χ3v) is 3.23. The Bertz CT molecular complexity index is 447. The van der Waals surface area contributed by atoms with Crippen LogP contribution in [0.3, 0.4) is 0 Å². The standard InChI is InChI=1S/C15H25NO8.BrH/c1-9(17)22-12-8-21-15(20-7-5-4-6-16)14(24-11(3)19)13(12)23-10(2)18;/h12-15H,4-8,16H2,1-3H3;1H/t12-,13+,14-,15?;/m1./s1. The van der Waals surface area contributed by atoms with Crippen LogP contribution in [-0.2, 0) is 38.1 Å². The first kappa shape index (κ1) is 23.8. The number of rotatable bonds is 8. The fourth-order valence-electron chi connectivity index (χ4n) is 2.33. The predicted molar refractivity (Wildman–Crippen MR) is 79.3 cm³/mol. The van der Waals surface area contributed by atoms with Crippen molar-refractivity contribution in [3.63, 3.8) is 0 Å². The Balaban J connectivity index is 0.00000576. The van der Waals surface area contributed by atoms with E-state index in [0.29, 0.717) is 6.61 Å². The van der Waals surface area contributed by atoms with Gasteiger partial charge in [-0.2, -0.15) is 0 Å². The molecule has 0 radical (unpaired) electrons. The molecule has 0 aromatic carbocycles. The van der Waals surface area contributed by atoms with Gasteiger partial charge in [-0.05, 0) is 12.8 Å². The summed E-state index contributed by atoms with van der Waals surface area (Å²) in [7, 11) is 0. The first-order chi connectivity index (χ1) is 11.3. The van der Waals surface area contributed by atoms with Gasteiger partial charge in [-0.25, -0.2) is 0 Å². The van der Waals surface area contributed by atoms with Gasteiger partial charge in [-0.1, -0.05) is 0 Å². The van der Waals surface area contributed by atoms with Crippen molar-refractivity contribution in [2.75, 3.05) is 19.8 Å². The van der Waals surface area contributed by atoms with Gasteiger partial charge in [0.1, 0.15) is 0 Å². The number of ether oxygens (including phenoxy) is 5. The highest BCUT2D eigenvalue weighted by Gasteiger charge is 2.47. The van der Waals surface area contributed by atoms with Crippen LogP contribution in [-0.4, -0.2) is 62.3 Å². The van der Waals surface area contributed by atoms with E-state index in [4.69, 9.17) is 23.7 Å². The van der Waals surface area contributed by atoms with Gasteiger partial charge in [0.25, 0.3) is 0 Å². The summed E-state index contributed by atoms with van der Waals surface area (Å²) in [4.78, 5) is 34.0. The van der Waals surface area contributed by atoms with Crippen molar-refractivity contribution >= 4 is 17.9 Å². The van der Waals surface area contributed by atoms with Gasteiger partial charge < -0.3 is 46.4 Å². The minimum absolute atomic E-state index is 0. The molecule has 4 atom stereocenters. The monoisotopic (exact) mass is 427 g/mol. The zero-order valence-electron chi connectivity index (χ0n) is 14.7. The number of carbonyl (C=O) groups is 3. The number of unbranched alkanes of at least 4 members (excludes halogenated alkanes) is 1. The van der Waals surface area contributed by atoms with Gasteiger partial charge in [0.15, 0.2) is 24.6 Å². The van der Waals surface area contributed by atoms with E-state index in [0.717, 1.165) is 19.4 Å². The van der Waals surface area contributed by atoms with Gasteiger partial charge >= 0.3 is 17.9 Å². The molecule has 0 amide bonds. The van der Waals surface area contributed by atoms with Crippen molar-refractivity contribution < 1.29 is 60.8 Å². The zero-order valence-corrected chi connectivity index (χ0v) is 16.3. The normalized spacial score (nSPS) is 25.4. The zero-order chi connectivity index (χ0) is 18.1. The number of carbonyl (C=O) groups excluding carboxylic acids is 3. The summed E-state index contributed by atoms with van der Waals surface area (Å²) in [6.45, 7) is 4.80. The fraction of sp³-hybridized carbons (Fsp3) is 0.800. The Morgan fingerprint density at radius 2 is 1.52 bits per heavy atom. The molecule has 1 heterocycles. The average molecular weight is 428 g/mol.